The van der Waals surface area contributed by atoms with E-state index in [0.29, 0.717) is 19.4 Å². The number of pyridine rings is 1. The highest BCUT2D eigenvalue weighted by Crippen LogP contribution is 2.44. The minimum Gasteiger partial charge on any atom is -0.330 e. The third-order valence-corrected chi connectivity index (χ3v) is 3.60. The predicted molar refractivity (Wildman–Crippen MR) is 58.4 cm³/mol. The molecule has 0 spiro atoms. The average Bonchev–Trinajstić information content (AvgIpc) is 2.31. The third-order valence-electron chi connectivity index (χ3n) is 3.60. The number of aromatic nitrogens is 1. The smallest absolute Gasteiger partial charge is 0.248 e. The number of nitrogens with two attached hydrogens (primary N) is 1. The molecule has 1 saturated carbocycles. The fourth-order valence-electron chi connectivity index (χ4n) is 2.38. The van der Waals surface area contributed by atoms with Gasteiger partial charge in [-0.2, -0.15) is 0 Å². The lowest BCUT2D eigenvalue weighted by atomic mass is 9.69. The van der Waals surface area contributed by atoms with Gasteiger partial charge in [0.25, 0.3) is 0 Å². The molecule has 0 radical (unpaired) electrons. The normalized spacial score (nSPS) is 22.9. The van der Waals surface area contributed by atoms with Crippen molar-refractivity contribution in [1.29, 1.82) is 0 Å². The van der Waals surface area contributed by atoms with Crippen LogP contribution in [-0.4, -0.2) is 17.5 Å². The molecule has 0 atom stereocenters. The largest absolute Gasteiger partial charge is 0.330 e. The van der Waals surface area contributed by atoms with Gasteiger partial charge < -0.3 is 5.73 Å². The number of halogens is 2. The summed E-state index contributed by atoms with van der Waals surface area (Å²) in [5.74, 6) is -2.51. The second kappa shape index (κ2) is 4.09. The molecule has 1 aliphatic rings. The fraction of sp³-hybridized carbons (Fsp3) is 0.583. The monoisotopic (exact) mass is 226 g/mol. The van der Waals surface area contributed by atoms with Crippen LogP contribution in [0.3, 0.4) is 0 Å². The van der Waals surface area contributed by atoms with Crippen LogP contribution in [0.5, 0.6) is 0 Å². The molecule has 0 amide bonds. The highest BCUT2D eigenvalue weighted by Gasteiger charge is 2.43. The summed E-state index contributed by atoms with van der Waals surface area (Å²) in [6.45, 7) is 0.411. The quantitative estimate of drug-likeness (QED) is 0.841. The van der Waals surface area contributed by atoms with Crippen molar-refractivity contribution in [2.75, 3.05) is 6.54 Å². The first-order valence-electron chi connectivity index (χ1n) is 5.56. The van der Waals surface area contributed by atoms with Crippen LogP contribution in [0.4, 0.5) is 8.78 Å². The summed E-state index contributed by atoms with van der Waals surface area (Å²) in [6, 6.07) is 3.77. The lowest BCUT2D eigenvalue weighted by Crippen LogP contribution is -2.42. The molecule has 1 heterocycles. The molecule has 1 aromatic heterocycles. The Morgan fingerprint density at radius 1 is 1.25 bits per heavy atom. The van der Waals surface area contributed by atoms with E-state index in [9.17, 15) is 8.78 Å². The molecule has 2 nitrogen and oxygen atoms in total. The van der Waals surface area contributed by atoms with Gasteiger partial charge in [0.15, 0.2) is 0 Å². The molecule has 0 unspecified atom stereocenters. The Kier molecular flexibility index (Phi) is 2.93. The van der Waals surface area contributed by atoms with Crippen LogP contribution in [0.15, 0.2) is 24.5 Å². The molecule has 88 valence electrons. The van der Waals surface area contributed by atoms with Gasteiger partial charge in [-0.25, -0.2) is 8.78 Å². The van der Waals surface area contributed by atoms with Crippen LogP contribution in [-0.2, 0) is 5.41 Å². The second-order valence-corrected chi connectivity index (χ2v) is 4.58. The van der Waals surface area contributed by atoms with E-state index in [0.717, 1.165) is 5.56 Å². The van der Waals surface area contributed by atoms with E-state index in [1.807, 2.05) is 12.1 Å². The van der Waals surface area contributed by atoms with Crippen molar-refractivity contribution in [2.45, 2.75) is 37.0 Å². The van der Waals surface area contributed by atoms with E-state index in [-0.39, 0.29) is 18.3 Å². The lowest BCUT2D eigenvalue weighted by molar-refractivity contribution is -0.0509. The Morgan fingerprint density at radius 3 is 2.44 bits per heavy atom. The number of hydrogen-bond acceptors (Lipinski definition) is 2. The maximum absolute atomic E-state index is 13.1. The number of nitrogens with zero attached hydrogens (tertiary/aromatic N) is 1. The first kappa shape index (κ1) is 11.5. The zero-order valence-corrected chi connectivity index (χ0v) is 9.13. The standard InChI is InChI=1S/C12H16F2N2/c13-12(14)5-3-11(9-15,4-6-12)10-2-1-7-16-8-10/h1-2,7-8H,3-6,9,15H2. The van der Waals surface area contributed by atoms with Gasteiger partial charge in [-0.15, -0.1) is 0 Å². The van der Waals surface area contributed by atoms with E-state index in [1.54, 1.807) is 12.4 Å². The van der Waals surface area contributed by atoms with Crippen LogP contribution in [0.1, 0.15) is 31.2 Å². The summed E-state index contributed by atoms with van der Waals surface area (Å²) in [4.78, 5) is 4.05. The van der Waals surface area contributed by atoms with E-state index in [1.165, 1.54) is 0 Å². The maximum atomic E-state index is 13.1. The van der Waals surface area contributed by atoms with Crippen LogP contribution < -0.4 is 5.73 Å². The van der Waals surface area contributed by atoms with Gasteiger partial charge in [-0.05, 0) is 24.5 Å². The minimum absolute atomic E-state index is 0.0703. The van der Waals surface area contributed by atoms with E-state index in [2.05, 4.69) is 4.98 Å². The van der Waals surface area contributed by atoms with Crippen LogP contribution in [0.25, 0.3) is 0 Å². The molecule has 2 rings (SSSR count). The molecule has 1 aromatic rings. The third kappa shape index (κ3) is 2.07. The molecule has 0 aliphatic heterocycles. The van der Waals surface area contributed by atoms with Gasteiger partial charge >= 0.3 is 0 Å². The number of alkyl halides is 2. The van der Waals surface area contributed by atoms with Crippen molar-refractivity contribution in [1.82, 2.24) is 4.98 Å². The topological polar surface area (TPSA) is 38.9 Å². The van der Waals surface area contributed by atoms with Gasteiger partial charge in [0.1, 0.15) is 0 Å². The highest BCUT2D eigenvalue weighted by atomic mass is 19.3. The van der Waals surface area contributed by atoms with Crippen molar-refractivity contribution in [3.63, 3.8) is 0 Å². The first-order valence-corrected chi connectivity index (χ1v) is 5.56. The molecule has 0 bridgehead atoms. The summed E-state index contributed by atoms with van der Waals surface area (Å²) < 4.78 is 26.3. The van der Waals surface area contributed by atoms with Gasteiger partial charge in [-0.1, -0.05) is 6.07 Å². The fourth-order valence-corrected chi connectivity index (χ4v) is 2.38. The number of rotatable bonds is 2. The number of hydrogen-bond donors (Lipinski definition) is 1. The summed E-state index contributed by atoms with van der Waals surface area (Å²) >= 11 is 0. The Bertz CT molecular complexity index is 341. The predicted octanol–water partition coefficient (Wildman–Crippen LogP) is 2.49. The molecule has 0 saturated heterocycles. The van der Waals surface area contributed by atoms with Crippen molar-refractivity contribution in [2.24, 2.45) is 5.73 Å². The zero-order valence-electron chi connectivity index (χ0n) is 9.13. The summed E-state index contributed by atoms with van der Waals surface area (Å²) in [5, 5.41) is 0. The molecule has 0 aromatic carbocycles. The Balaban J connectivity index is 2.23. The lowest BCUT2D eigenvalue weighted by Gasteiger charge is -2.39. The zero-order chi connectivity index (χ0) is 11.6. The highest BCUT2D eigenvalue weighted by molar-refractivity contribution is 5.23. The minimum atomic E-state index is -2.51. The van der Waals surface area contributed by atoms with Crippen molar-refractivity contribution >= 4 is 0 Å². The average molecular weight is 226 g/mol. The van der Waals surface area contributed by atoms with Gasteiger partial charge in [0, 0.05) is 37.2 Å². The van der Waals surface area contributed by atoms with E-state index >= 15 is 0 Å². The molecule has 1 fully saturated rings. The van der Waals surface area contributed by atoms with Crippen molar-refractivity contribution in [3.8, 4) is 0 Å². The van der Waals surface area contributed by atoms with E-state index < -0.39 is 5.92 Å². The molecule has 16 heavy (non-hydrogen) atoms. The molecular weight excluding hydrogens is 210 g/mol. The van der Waals surface area contributed by atoms with Crippen LogP contribution in [0.2, 0.25) is 0 Å². The van der Waals surface area contributed by atoms with Crippen LogP contribution >= 0.6 is 0 Å². The van der Waals surface area contributed by atoms with Crippen molar-refractivity contribution < 1.29 is 8.78 Å². The summed E-state index contributed by atoms with van der Waals surface area (Å²) in [6.07, 6.45) is 4.18. The van der Waals surface area contributed by atoms with E-state index in [4.69, 9.17) is 5.73 Å². The Morgan fingerprint density at radius 2 is 1.94 bits per heavy atom. The summed E-state index contributed by atoms with van der Waals surface area (Å²) in [7, 11) is 0. The van der Waals surface area contributed by atoms with Gasteiger partial charge in [-0.3, -0.25) is 4.98 Å². The van der Waals surface area contributed by atoms with Gasteiger partial charge in [0.05, 0.1) is 0 Å². The Hall–Kier alpha value is -1.03. The molecular formula is C12H16F2N2. The molecule has 2 N–H and O–H groups in total. The first-order chi connectivity index (χ1) is 7.58. The maximum Gasteiger partial charge on any atom is 0.248 e. The van der Waals surface area contributed by atoms with Crippen LogP contribution in [0, 0.1) is 0 Å². The summed E-state index contributed by atoms with van der Waals surface area (Å²) in [5.41, 5.74) is 6.48. The molecule has 4 heteroatoms. The Labute approximate surface area is 93.9 Å². The second-order valence-electron chi connectivity index (χ2n) is 4.58. The SMILES string of the molecule is NCC1(c2cccnc2)CCC(F)(F)CC1. The molecule has 1 aliphatic carbocycles. The van der Waals surface area contributed by atoms with Gasteiger partial charge in [0.2, 0.25) is 5.92 Å². The van der Waals surface area contributed by atoms with Crippen molar-refractivity contribution in [3.05, 3.63) is 30.1 Å².